The zero-order chi connectivity index (χ0) is 30.8. The van der Waals surface area contributed by atoms with Crippen molar-refractivity contribution >= 4 is 17.7 Å². The summed E-state index contributed by atoms with van der Waals surface area (Å²) in [6.45, 7) is 6.13. The number of carbonyl (C=O) groups excluding carboxylic acids is 3. The first-order valence-electron chi connectivity index (χ1n) is 14.3. The van der Waals surface area contributed by atoms with Crippen LogP contribution < -0.4 is 0 Å². The van der Waals surface area contributed by atoms with Crippen molar-refractivity contribution in [3.8, 4) is 0 Å². The summed E-state index contributed by atoms with van der Waals surface area (Å²) in [5, 5.41) is 47.1. The van der Waals surface area contributed by atoms with Crippen molar-refractivity contribution in [2.75, 3.05) is 13.2 Å². The second-order valence-electron chi connectivity index (χ2n) is 12.7. The Morgan fingerprint density at radius 1 is 1.10 bits per heavy atom. The number of carbonyl (C=O) groups is 3. The van der Waals surface area contributed by atoms with Gasteiger partial charge in [-0.05, 0) is 23.6 Å². The summed E-state index contributed by atoms with van der Waals surface area (Å²) in [4.78, 5) is 39.9. The minimum atomic E-state index is -2.12. The minimum absolute atomic E-state index is 0.0463. The van der Waals surface area contributed by atoms with Gasteiger partial charge < -0.3 is 39.4 Å². The van der Waals surface area contributed by atoms with E-state index in [0.717, 1.165) is 12.5 Å². The predicted molar refractivity (Wildman–Crippen MR) is 146 cm³/mol. The first-order chi connectivity index (χ1) is 19.7. The number of hydrogen-bond donors (Lipinski definition) is 4. The number of Topliss-reactive ketones (excluding diaryl/α,β-unsaturated/α-hetero) is 1. The normalized spacial score (nSPS) is 40.5. The van der Waals surface area contributed by atoms with Crippen LogP contribution in [0.25, 0.3) is 0 Å². The van der Waals surface area contributed by atoms with Crippen LogP contribution in [-0.4, -0.2) is 93.1 Å². The molecule has 9 atom stereocenters. The van der Waals surface area contributed by atoms with Crippen LogP contribution >= 0.6 is 0 Å². The van der Waals surface area contributed by atoms with Crippen molar-refractivity contribution in [2.45, 2.75) is 95.8 Å². The number of fused-ring (bicyclic) bond motifs is 5. The Morgan fingerprint density at radius 3 is 2.31 bits per heavy atom. The highest BCUT2D eigenvalue weighted by atomic mass is 16.6. The molecule has 11 nitrogen and oxygen atoms in total. The Balaban J connectivity index is 1.84. The summed E-state index contributed by atoms with van der Waals surface area (Å²) in [5.41, 5.74) is -5.79. The maximum Gasteiger partial charge on any atom is 0.303 e. The van der Waals surface area contributed by atoms with E-state index in [1.807, 2.05) is 30.3 Å². The summed E-state index contributed by atoms with van der Waals surface area (Å²) in [5.74, 6) is -3.70. The third-order valence-corrected chi connectivity index (χ3v) is 10.2. The second-order valence-corrected chi connectivity index (χ2v) is 12.7. The molecule has 4 N–H and O–H groups in total. The summed E-state index contributed by atoms with van der Waals surface area (Å²) < 4.78 is 23.9. The van der Waals surface area contributed by atoms with Gasteiger partial charge in [-0.1, -0.05) is 44.2 Å². The molecule has 0 radical (unpaired) electrons. The lowest BCUT2D eigenvalue weighted by atomic mass is 9.44. The van der Waals surface area contributed by atoms with E-state index in [9.17, 15) is 34.8 Å². The zero-order valence-electron chi connectivity index (χ0n) is 24.5. The topological polar surface area (TPSA) is 169 Å². The van der Waals surface area contributed by atoms with Gasteiger partial charge in [-0.3, -0.25) is 14.4 Å². The van der Waals surface area contributed by atoms with Crippen molar-refractivity contribution < 1.29 is 53.8 Å². The number of esters is 2. The van der Waals surface area contributed by atoms with Crippen molar-refractivity contribution in [2.24, 2.45) is 16.7 Å². The molecule has 11 heteroatoms. The molecule has 1 aromatic carbocycles. The molecule has 1 aliphatic heterocycles. The van der Waals surface area contributed by atoms with E-state index in [2.05, 4.69) is 0 Å². The first-order valence-corrected chi connectivity index (χ1v) is 14.3. The molecule has 5 rings (SSSR count). The summed E-state index contributed by atoms with van der Waals surface area (Å²) in [6.07, 6.45) is -7.14. The van der Waals surface area contributed by atoms with Gasteiger partial charge in [0.15, 0.2) is 17.5 Å². The largest absolute Gasteiger partial charge is 0.454 e. The number of aliphatic hydroxyl groups excluding tert-OH is 3. The van der Waals surface area contributed by atoms with Gasteiger partial charge in [0.2, 0.25) is 0 Å². The molecule has 0 amide bonds. The van der Waals surface area contributed by atoms with E-state index >= 15 is 0 Å². The molecule has 42 heavy (non-hydrogen) atoms. The highest BCUT2D eigenvalue weighted by molar-refractivity contribution is 5.95. The summed E-state index contributed by atoms with van der Waals surface area (Å²) in [7, 11) is 0. The zero-order valence-corrected chi connectivity index (χ0v) is 24.5. The molecule has 230 valence electrons. The smallest absolute Gasteiger partial charge is 0.303 e. The van der Waals surface area contributed by atoms with Gasteiger partial charge in [-0.2, -0.15) is 0 Å². The number of hydrogen-bond acceptors (Lipinski definition) is 11. The maximum absolute atomic E-state index is 14.9. The molecule has 1 heterocycles. The van der Waals surface area contributed by atoms with Crippen LogP contribution in [-0.2, 0) is 39.9 Å². The fourth-order valence-electron chi connectivity index (χ4n) is 8.07. The third-order valence-electron chi connectivity index (χ3n) is 10.2. The molecule has 3 fully saturated rings. The minimum Gasteiger partial charge on any atom is -0.454 e. The highest BCUT2D eigenvalue weighted by Crippen LogP contribution is 2.64. The average molecular weight is 589 g/mol. The lowest BCUT2D eigenvalue weighted by Crippen LogP contribution is -2.82. The molecule has 0 aromatic heterocycles. The Labute approximate surface area is 244 Å². The monoisotopic (exact) mass is 588 g/mol. The third kappa shape index (κ3) is 4.20. The number of ketones is 1. The molecular formula is C31H40O11. The lowest BCUT2D eigenvalue weighted by Gasteiger charge is -2.68. The van der Waals surface area contributed by atoms with Gasteiger partial charge in [0.1, 0.15) is 11.7 Å². The van der Waals surface area contributed by atoms with E-state index in [1.54, 1.807) is 20.8 Å². The van der Waals surface area contributed by atoms with Crippen LogP contribution in [0.4, 0.5) is 0 Å². The van der Waals surface area contributed by atoms with Crippen molar-refractivity contribution in [3.05, 3.63) is 47.0 Å². The summed E-state index contributed by atoms with van der Waals surface area (Å²) >= 11 is 0. The Kier molecular flexibility index (Phi) is 7.69. The van der Waals surface area contributed by atoms with Gasteiger partial charge in [0.05, 0.1) is 49.5 Å². The van der Waals surface area contributed by atoms with Crippen molar-refractivity contribution in [3.63, 3.8) is 0 Å². The molecule has 9 unspecified atom stereocenters. The van der Waals surface area contributed by atoms with Crippen LogP contribution in [0, 0.1) is 16.7 Å². The SMILES string of the molecule is CC(=O)OC1C(=O)C2(CO)C(O)CC3OCC3(OC(C)=O)C2C(OCc2ccccc2)C2(O)CC(O)C(C)=C1C2(C)C. The number of benzene rings is 1. The molecule has 4 aliphatic rings. The van der Waals surface area contributed by atoms with Crippen LogP contribution in [0.1, 0.15) is 53.0 Å². The van der Waals surface area contributed by atoms with E-state index < -0.39 is 82.8 Å². The number of rotatable bonds is 6. The highest BCUT2D eigenvalue weighted by Gasteiger charge is 2.78. The van der Waals surface area contributed by atoms with Crippen LogP contribution in [0.5, 0.6) is 0 Å². The van der Waals surface area contributed by atoms with Gasteiger partial charge in [0.25, 0.3) is 0 Å². The molecule has 1 saturated heterocycles. The molecule has 2 bridgehead atoms. The van der Waals surface area contributed by atoms with E-state index in [1.165, 1.54) is 6.92 Å². The fraction of sp³-hybridized carbons (Fsp3) is 0.645. The van der Waals surface area contributed by atoms with Gasteiger partial charge in [0, 0.05) is 32.1 Å². The lowest BCUT2D eigenvalue weighted by molar-refractivity contribution is -0.356. The molecule has 2 saturated carbocycles. The first kappa shape index (κ1) is 30.8. The number of aliphatic hydroxyl groups is 4. The second kappa shape index (κ2) is 10.5. The van der Waals surface area contributed by atoms with E-state index in [4.69, 9.17) is 18.9 Å². The Bertz CT molecular complexity index is 1290. The number of ether oxygens (including phenoxy) is 4. The van der Waals surface area contributed by atoms with Crippen molar-refractivity contribution in [1.82, 2.24) is 0 Å². The summed E-state index contributed by atoms with van der Waals surface area (Å²) in [6, 6.07) is 9.10. The van der Waals surface area contributed by atoms with E-state index in [0.29, 0.717) is 5.57 Å². The Morgan fingerprint density at radius 2 is 1.76 bits per heavy atom. The molecule has 0 spiro atoms. The standard InChI is InChI=1S/C31H40O11/c1-16-20(35)12-31(38)27(39-13-19-9-7-6-8-10-19)25-29(14-32,21(36)11-22-30(25,15-40-22)42-18(3)34)26(37)24(41-17(2)33)23(16)28(31,4)5/h6-10,20-22,24-25,27,32,35-36,38H,11-15H2,1-5H3. The quantitative estimate of drug-likeness (QED) is 0.276. The van der Waals surface area contributed by atoms with Crippen LogP contribution in [0.15, 0.2) is 41.5 Å². The van der Waals surface area contributed by atoms with Gasteiger partial charge >= 0.3 is 11.9 Å². The van der Waals surface area contributed by atoms with Gasteiger partial charge in [-0.25, -0.2) is 0 Å². The van der Waals surface area contributed by atoms with Crippen LogP contribution in [0.3, 0.4) is 0 Å². The van der Waals surface area contributed by atoms with Crippen LogP contribution in [0.2, 0.25) is 0 Å². The molecule has 1 aromatic rings. The molecule has 3 aliphatic carbocycles. The van der Waals surface area contributed by atoms with Gasteiger partial charge in [-0.15, -0.1) is 0 Å². The average Bonchev–Trinajstić information content (AvgIpc) is 2.91. The van der Waals surface area contributed by atoms with E-state index in [-0.39, 0.29) is 31.6 Å². The van der Waals surface area contributed by atoms with Crippen molar-refractivity contribution in [1.29, 1.82) is 0 Å². The Hall–Kier alpha value is -2.67. The molecular weight excluding hydrogens is 548 g/mol. The predicted octanol–water partition coefficient (Wildman–Crippen LogP) is 0.985. The fourth-order valence-corrected chi connectivity index (χ4v) is 8.07. The maximum atomic E-state index is 14.9.